The minimum absolute atomic E-state index is 0.229. The van der Waals surface area contributed by atoms with Crippen molar-refractivity contribution in [1.82, 2.24) is 9.38 Å². The first-order valence-electron chi connectivity index (χ1n) is 6.22. The van der Waals surface area contributed by atoms with E-state index in [1.807, 2.05) is 28.8 Å². The first kappa shape index (κ1) is 13.5. The number of hydrogen-bond donors (Lipinski definition) is 0. The molecular formula is C15H11F3N2O. The zero-order chi connectivity index (χ0) is 15.0. The van der Waals surface area contributed by atoms with Gasteiger partial charge in [0.2, 0.25) is 0 Å². The Morgan fingerprint density at radius 1 is 1.14 bits per heavy atom. The lowest BCUT2D eigenvalue weighted by molar-refractivity contribution is -0.274. The van der Waals surface area contributed by atoms with E-state index in [1.165, 1.54) is 12.1 Å². The van der Waals surface area contributed by atoms with Crippen LogP contribution in [-0.4, -0.2) is 15.7 Å². The number of fused-ring (bicyclic) bond motifs is 1. The molecule has 0 fully saturated rings. The minimum Gasteiger partial charge on any atom is -0.406 e. The molecule has 0 aliphatic carbocycles. The Balaban J connectivity index is 1.98. The van der Waals surface area contributed by atoms with Gasteiger partial charge in [0.05, 0.1) is 12.0 Å². The molecule has 108 valence electrons. The molecule has 2 heterocycles. The molecule has 0 spiro atoms. The summed E-state index contributed by atoms with van der Waals surface area (Å²) in [4.78, 5) is 4.31. The first-order valence-corrected chi connectivity index (χ1v) is 6.22. The molecule has 0 saturated carbocycles. The molecule has 0 atom stereocenters. The van der Waals surface area contributed by atoms with Crippen LogP contribution in [0.25, 0.3) is 16.8 Å². The summed E-state index contributed by atoms with van der Waals surface area (Å²) in [6, 6.07) is 9.94. The number of rotatable bonds is 2. The van der Waals surface area contributed by atoms with Crippen molar-refractivity contribution in [3.05, 3.63) is 54.5 Å². The molecule has 2 aromatic heterocycles. The number of benzene rings is 1. The van der Waals surface area contributed by atoms with Crippen LogP contribution in [0.3, 0.4) is 0 Å². The van der Waals surface area contributed by atoms with Gasteiger partial charge in [-0.2, -0.15) is 0 Å². The van der Waals surface area contributed by atoms with E-state index in [9.17, 15) is 13.2 Å². The highest BCUT2D eigenvalue weighted by Crippen LogP contribution is 2.29. The van der Waals surface area contributed by atoms with E-state index in [-0.39, 0.29) is 5.75 Å². The maximum absolute atomic E-state index is 12.2. The van der Waals surface area contributed by atoms with Crippen LogP contribution in [0, 0.1) is 6.92 Å². The summed E-state index contributed by atoms with van der Waals surface area (Å²) in [5, 5.41) is 0. The lowest BCUT2D eigenvalue weighted by Gasteiger charge is -2.11. The van der Waals surface area contributed by atoms with Crippen molar-refractivity contribution < 1.29 is 17.9 Å². The van der Waals surface area contributed by atoms with Gasteiger partial charge in [0.15, 0.2) is 0 Å². The zero-order valence-electron chi connectivity index (χ0n) is 11.1. The van der Waals surface area contributed by atoms with Crippen molar-refractivity contribution in [2.45, 2.75) is 13.3 Å². The third-order valence-corrected chi connectivity index (χ3v) is 3.13. The van der Waals surface area contributed by atoms with Crippen LogP contribution < -0.4 is 4.74 Å². The maximum atomic E-state index is 12.2. The number of ether oxygens (including phenoxy) is 1. The Kier molecular flexibility index (Phi) is 3.08. The van der Waals surface area contributed by atoms with E-state index in [2.05, 4.69) is 9.72 Å². The number of halogens is 3. The fourth-order valence-electron chi connectivity index (χ4n) is 2.20. The number of nitrogens with zero attached hydrogens (tertiary/aromatic N) is 2. The van der Waals surface area contributed by atoms with Crippen molar-refractivity contribution in [3.63, 3.8) is 0 Å². The van der Waals surface area contributed by atoms with Crippen molar-refractivity contribution >= 4 is 5.52 Å². The average molecular weight is 292 g/mol. The Hall–Kier alpha value is -2.50. The molecule has 1 aromatic carbocycles. The highest BCUT2D eigenvalue weighted by atomic mass is 19.4. The molecule has 0 aliphatic rings. The third-order valence-electron chi connectivity index (χ3n) is 3.13. The van der Waals surface area contributed by atoms with Gasteiger partial charge in [-0.25, -0.2) is 4.98 Å². The van der Waals surface area contributed by atoms with Crippen molar-refractivity contribution in [2.24, 2.45) is 0 Å². The Morgan fingerprint density at radius 3 is 2.67 bits per heavy atom. The van der Waals surface area contributed by atoms with Crippen LogP contribution >= 0.6 is 0 Å². The largest absolute Gasteiger partial charge is 0.573 e. The predicted molar refractivity (Wildman–Crippen MR) is 72.0 cm³/mol. The van der Waals surface area contributed by atoms with E-state index in [4.69, 9.17) is 0 Å². The Bertz CT molecular complexity index is 793. The fourth-order valence-corrected chi connectivity index (χ4v) is 2.20. The van der Waals surface area contributed by atoms with E-state index < -0.39 is 6.36 Å². The number of aryl methyl sites for hydroxylation is 1. The molecular weight excluding hydrogens is 281 g/mol. The van der Waals surface area contributed by atoms with Gasteiger partial charge < -0.3 is 9.14 Å². The number of alkyl halides is 3. The first-order chi connectivity index (χ1) is 9.92. The van der Waals surface area contributed by atoms with E-state index >= 15 is 0 Å². The van der Waals surface area contributed by atoms with Gasteiger partial charge in [0.1, 0.15) is 5.75 Å². The van der Waals surface area contributed by atoms with Crippen LogP contribution in [0.2, 0.25) is 0 Å². The SMILES string of the molecule is Cc1cc(OC(F)(F)F)ccc1-c1cc2cccn2cn1. The van der Waals surface area contributed by atoms with E-state index in [1.54, 1.807) is 19.3 Å². The van der Waals surface area contributed by atoms with Crippen molar-refractivity contribution in [3.8, 4) is 17.0 Å². The number of hydrogen-bond acceptors (Lipinski definition) is 2. The molecule has 0 bridgehead atoms. The van der Waals surface area contributed by atoms with Gasteiger partial charge in [0.25, 0.3) is 0 Å². The molecule has 3 rings (SSSR count). The second kappa shape index (κ2) is 4.80. The van der Waals surface area contributed by atoms with Gasteiger partial charge >= 0.3 is 6.36 Å². The second-order valence-electron chi connectivity index (χ2n) is 4.64. The summed E-state index contributed by atoms with van der Waals surface area (Å²) in [7, 11) is 0. The van der Waals surface area contributed by atoms with Crippen LogP contribution in [-0.2, 0) is 0 Å². The van der Waals surface area contributed by atoms with Crippen LogP contribution in [0.1, 0.15) is 5.56 Å². The molecule has 0 amide bonds. The standard InChI is InChI=1S/C15H11F3N2O/c1-10-7-12(21-15(16,17)18)4-5-13(10)14-8-11-3-2-6-20(11)9-19-14/h2-9H,1H3. The summed E-state index contributed by atoms with van der Waals surface area (Å²) in [5.74, 6) is -0.229. The third kappa shape index (κ3) is 2.84. The van der Waals surface area contributed by atoms with Crippen molar-refractivity contribution in [2.75, 3.05) is 0 Å². The van der Waals surface area contributed by atoms with E-state index in [0.717, 1.165) is 11.1 Å². The summed E-state index contributed by atoms with van der Waals surface area (Å²) in [6.45, 7) is 1.72. The smallest absolute Gasteiger partial charge is 0.406 e. The molecule has 3 aromatic rings. The van der Waals surface area contributed by atoms with Gasteiger partial charge in [0, 0.05) is 17.3 Å². The second-order valence-corrected chi connectivity index (χ2v) is 4.64. The van der Waals surface area contributed by atoms with Gasteiger partial charge in [-0.15, -0.1) is 13.2 Å². The number of aromatic nitrogens is 2. The summed E-state index contributed by atoms with van der Waals surface area (Å²) >= 11 is 0. The van der Waals surface area contributed by atoms with Crippen molar-refractivity contribution in [1.29, 1.82) is 0 Å². The zero-order valence-corrected chi connectivity index (χ0v) is 11.1. The lowest BCUT2D eigenvalue weighted by Crippen LogP contribution is -2.17. The normalized spacial score (nSPS) is 11.8. The Morgan fingerprint density at radius 2 is 1.95 bits per heavy atom. The van der Waals surface area contributed by atoms with Crippen LogP contribution in [0.4, 0.5) is 13.2 Å². The molecule has 3 nitrogen and oxygen atoms in total. The topological polar surface area (TPSA) is 26.5 Å². The summed E-state index contributed by atoms with van der Waals surface area (Å²) in [6.07, 6.45) is -1.14. The van der Waals surface area contributed by atoms with Crippen LogP contribution in [0.15, 0.2) is 48.9 Å². The van der Waals surface area contributed by atoms with Gasteiger partial charge in [-0.3, -0.25) is 0 Å². The monoisotopic (exact) mass is 292 g/mol. The maximum Gasteiger partial charge on any atom is 0.573 e. The lowest BCUT2D eigenvalue weighted by atomic mass is 10.0. The quantitative estimate of drug-likeness (QED) is 0.707. The minimum atomic E-state index is -4.68. The van der Waals surface area contributed by atoms with Gasteiger partial charge in [-0.05, 0) is 48.9 Å². The average Bonchev–Trinajstić information content (AvgIpc) is 2.84. The molecule has 6 heteroatoms. The molecule has 0 saturated heterocycles. The molecule has 21 heavy (non-hydrogen) atoms. The van der Waals surface area contributed by atoms with Gasteiger partial charge in [-0.1, -0.05) is 0 Å². The summed E-state index contributed by atoms with van der Waals surface area (Å²) < 4.78 is 42.4. The molecule has 0 N–H and O–H groups in total. The summed E-state index contributed by atoms with van der Waals surface area (Å²) in [5.41, 5.74) is 3.11. The molecule has 0 aliphatic heterocycles. The molecule has 0 radical (unpaired) electrons. The Labute approximate surface area is 118 Å². The van der Waals surface area contributed by atoms with E-state index in [0.29, 0.717) is 11.3 Å². The predicted octanol–water partition coefficient (Wildman–Crippen LogP) is 4.21. The highest BCUT2D eigenvalue weighted by molar-refractivity contribution is 5.68. The highest BCUT2D eigenvalue weighted by Gasteiger charge is 2.31. The molecule has 0 unspecified atom stereocenters. The fraction of sp³-hybridized carbons (Fsp3) is 0.133. The van der Waals surface area contributed by atoms with Crippen LogP contribution in [0.5, 0.6) is 5.75 Å².